The van der Waals surface area contributed by atoms with Gasteiger partial charge in [0.05, 0.1) is 0 Å². The third-order valence-electron chi connectivity index (χ3n) is 4.08. The molecule has 0 amide bonds. The SMILES string of the molecule is Cc1ccc(Cl)cc1OP(=O)(Oc1cc(Cl)ccc1C)Oc1cc(Cl)ccc1C. The van der Waals surface area contributed by atoms with Gasteiger partial charge in [0, 0.05) is 15.1 Å². The second kappa shape index (κ2) is 8.89. The number of hydrogen-bond donors (Lipinski definition) is 0. The molecule has 0 heterocycles. The summed E-state index contributed by atoms with van der Waals surface area (Å²) < 4.78 is 31.0. The van der Waals surface area contributed by atoms with Crippen LogP contribution in [0.1, 0.15) is 16.7 Å². The largest absolute Gasteiger partial charge is 0.647 e. The van der Waals surface area contributed by atoms with Gasteiger partial charge in [0.2, 0.25) is 0 Å². The highest BCUT2D eigenvalue weighted by atomic mass is 35.5. The van der Waals surface area contributed by atoms with Crippen LogP contribution in [0.25, 0.3) is 0 Å². The molecule has 8 heteroatoms. The molecule has 29 heavy (non-hydrogen) atoms. The van der Waals surface area contributed by atoms with E-state index in [1.807, 2.05) is 0 Å². The molecule has 0 aliphatic heterocycles. The standard InChI is InChI=1S/C21H18Cl3O4P/c1-13-4-7-16(22)10-19(13)26-29(25,27-20-11-17(23)8-5-14(20)2)28-21-12-18(24)9-6-15(21)3/h4-12H,1-3H3. The average molecular weight is 472 g/mol. The summed E-state index contributed by atoms with van der Waals surface area (Å²) in [6.07, 6.45) is 0. The summed E-state index contributed by atoms with van der Waals surface area (Å²) in [6, 6.07) is 15.0. The molecule has 0 saturated heterocycles. The Morgan fingerprint density at radius 2 is 0.862 bits per heavy atom. The lowest BCUT2D eigenvalue weighted by atomic mass is 10.2. The minimum absolute atomic E-state index is 0.278. The molecule has 0 bridgehead atoms. The first kappa shape index (κ1) is 21.9. The van der Waals surface area contributed by atoms with Gasteiger partial charge in [-0.3, -0.25) is 0 Å². The number of rotatable bonds is 6. The van der Waals surface area contributed by atoms with Gasteiger partial charge in [-0.15, -0.1) is 0 Å². The van der Waals surface area contributed by atoms with Gasteiger partial charge in [0.15, 0.2) is 0 Å². The molecule has 3 aromatic carbocycles. The normalized spacial score (nSPS) is 11.2. The minimum Gasteiger partial charge on any atom is -0.386 e. The lowest BCUT2D eigenvalue weighted by molar-refractivity contribution is 0.296. The molecule has 0 aromatic heterocycles. The first-order chi connectivity index (χ1) is 13.6. The van der Waals surface area contributed by atoms with Gasteiger partial charge in [0.1, 0.15) is 17.2 Å². The quantitative estimate of drug-likeness (QED) is 0.340. The topological polar surface area (TPSA) is 44.8 Å². The maximum atomic E-state index is 13.7. The van der Waals surface area contributed by atoms with Crippen LogP contribution in [-0.4, -0.2) is 0 Å². The summed E-state index contributed by atoms with van der Waals surface area (Å²) in [5.41, 5.74) is 2.15. The first-order valence-electron chi connectivity index (χ1n) is 8.62. The van der Waals surface area contributed by atoms with E-state index in [1.165, 1.54) is 0 Å². The number of phosphoric ester groups is 1. The molecule has 0 fully saturated rings. The Morgan fingerprint density at radius 1 is 0.586 bits per heavy atom. The van der Waals surface area contributed by atoms with Crippen LogP contribution in [0.3, 0.4) is 0 Å². The predicted octanol–water partition coefficient (Wildman–Crippen LogP) is 8.22. The molecule has 0 saturated carbocycles. The molecule has 3 rings (SSSR count). The Balaban J connectivity index is 2.04. The molecule has 0 spiro atoms. The molecule has 0 aliphatic rings. The van der Waals surface area contributed by atoms with E-state index in [9.17, 15) is 4.57 Å². The predicted molar refractivity (Wildman–Crippen MR) is 118 cm³/mol. The van der Waals surface area contributed by atoms with E-state index in [2.05, 4.69) is 0 Å². The Hall–Kier alpha value is -1.84. The van der Waals surface area contributed by atoms with Gasteiger partial charge in [-0.1, -0.05) is 53.0 Å². The van der Waals surface area contributed by atoms with Crippen LogP contribution in [0, 0.1) is 20.8 Å². The van der Waals surface area contributed by atoms with Crippen LogP contribution in [0.15, 0.2) is 54.6 Å². The highest BCUT2D eigenvalue weighted by Gasteiger charge is 2.35. The minimum atomic E-state index is -4.20. The zero-order chi connectivity index (χ0) is 21.2. The van der Waals surface area contributed by atoms with Crippen molar-refractivity contribution in [1.82, 2.24) is 0 Å². The average Bonchev–Trinajstić information content (AvgIpc) is 2.64. The summed E-state index contributed by atoms with van der Waals surface area (Å²) in [4.78, 5) is 0. The van der Waals surface area contributed by atoms with Crippen molar-refractivity contribution in [2.45, 2.75) is 20.8 Å². The van der Waals surface area contributed by atoms with Crippen molar-refractivity contribution in [2.75, 3.05) is 0 Å². The Morgan fingerprint density at radius 3 is 1.14 bits per heavy atom. The summed E-state index contributed by atoms with van der Waals surface area (Å²) in [5, 5.41) is 1.28. The maximum absolute atomic E-state index is 13.7. The fourth-order valence-electron chi connectivity index (χ4n) is 2.43. The number of hydrogen-bond acceptors (Lipinski definition) is 4. The van der Waals surface area contributed by atoms with Crippen LogP contribution in [0.4, 0.5) is 0 Å². The summed E-state index contributed by atoms with van der Waals surface area (Å²) >= 11 is 18.2. The Labute approximate surface area is 184 Å². The zero-order valence-electron chi connectivity index (χ0n) is 15.9. The van der Waals surface area contributed by atoms with E-state index in [-0.39, 0.29) is 17.2 Å². The Bertz CT molecular complexity index is 965. The van der Waals surface area contributed by atoms with Crippen molar-refractivity contribution in [2.24, 2.45) is 0 Å². The van der Waals surface area contributed by atoms with Crippen molar-refractivity contribution in [3.05, 3.63) is 86.4 Å². The van der Waals surface area contributed by atoms with Gasteiger partial charge >= 0.3 is 7.82 Å². The smallest absolute Gasteiger partial charge is 0.386 e. The third kappa shape index (κ3) is 5.61. The number of benzene rings is 3. The fraction of sp³-hybridized carbons (Fsp3) is 0.143. The lowest BCUT2D eigenvalue weighted by Gasteiger charge is -2.22. The maximum Gasteiger partial charge on any atom is 0.647 e. The van der Waals surface area contributed by atoms with Crippen LogP contribution in [-0.2, 0) is 4.57 Å². The highest BCUT2D eigenvalue weighted by Crippen LogP contribution is 2.52. The van der Waals surface area contributed by atoms with E-state index >= 15 is 0 Å². The monoisotopic (exact) mass is 470 g/mol. The van der Waals surface area contributed by atoms with Gasteiger partial charge in [0.25, 0.3) is 0 Å². The van der Waals surface area contributed by atoms with E-state index in [4.69, 9.17) is 48.4 Å². The first-order valence-corrected chi connectivity index (χ1v) is 11.2. The molecule has 0 radical (unpaired) electrons. The van der Waals surface area contributed by atoms with Crippen molar-refractivity contribution >= 4 is 42.6 Å². The van der Waals surface area contributed by atoms with Crippen molar-refractivity contribution in [3.63, 3.8) is 0 Å². The van der Waals surface area contributed by atoms with Crippen LogP contribution in [0.2, 0.25) is 15.1 Å². The molecule has 4 nitrogen and oxygen atoms in total. The van der Waals surface area contributed by atoms with E-state index in [0.29, 0.717) is 31.8 Å². The second-order valence-corrected chi connectivity index (χ2v) is 9.20. The van der Waals surface area contributed by atoms with E-state index in [1.54, 1.807) is 75.4 Å². The van der Waals surface area contributed by atoms with E-state index < -0.39 is 7.82 Å². The third-order valence-corrected chi connectivity index (χ3v) is 6.05. The molecular formula is C21H18Cl3O4P. The summed E-state index contributed by atoms with van der Waals surface area (Å²) in [6.45, 7) is 5.39. The molecule has 0 unspecified atom stereocenters. The van der Waals surface area contributed by atoms with Gasteiger partial charge in [-0.2, -0.15) is 4.57 Å². The Kier molecular flexibility index (Phi) is 6.70. The van der Waals surface area contributed by atoms with Crippen molar-refractivity contribution in [1.29, 1.82) is 0 Å². The molecule has 0 N–H and O–H groups in total. The second-order valence-electron chi connectivity index (χ2n) is 6.45. The van der Waals surface area contributed by atoms with Gasteiger partial charge < -0.3 is 13.6 Å². The molecule has 3 aromatic rings. The summed E-state index contributed by atoms with van der Waals surface area (Å²) in [5.74, 6) is 0.834. The molecular weight excluding hydrogens is 454 g/mol. The van der Waals surface area contributed by atoms with Crippen molar-refractivity contribution < 1.29 is 18.1 Å². The highest BCUT2D eigenvalue weighted by molar-refractivity contribution is 7.49. The zero-order valence-corrected chi connectivity index (χ0v) is 19.1. The number of aryl methyl sites for hydroxylation is 3. The van der Waals surface area contributed by atoms with Gasteiger partial charge in [-0.25, -0.2) is 0 Å². The van der Waals surface area contributed by atoms with Crippen LogP contribution < -0.4 is 13.6 Å². The fourth-order valence-corrected chi connectivity index (χ4v) is 4.34. The summed E-state index contributed by atoms with van der Waals surface area (Å²) in [7, 11) is -4.20. The molecule has 152 valence electrons. The van der Waals surface area contributed by atoms with Crippen LogP contribution in [0.5, 0.6) is 17.2 Å². The molecule has 0 aliphatic carbocycles. The van der Waals surface area contributed by atoms with Crippen molar-refractivity contribution in [3.8, 4) is 17.2 Å². The number of phosphoric acid groups is 1. The van der Waals surface area contributed by atoms with Crippen LogP contribution >= 0.6 is 42.6 Å². The molecule has 0 atom stereocenters. The number of halogens is 3. The lowest BCUT2D eigenvalue weighted by Crippen LogP contribution is -2.09. The van der Waals surface area contributed by atoms with E-state index in [0.717, 1.165) is 0 Å². The van der Waals surface area contributed by atoms with Gasteiger partial charge in [-0.05, 0) is 73.9 Å².